The zero-order valence-corrected chi connectivity index (χ0v) is 18.9. The molecule has 0 atom stereocenters. The third-order valence-electron chi connectivity index (χ3n) is 6.10. The number of carbonyl (C=O) groups is 1. The molecule has 8 heteroatoms. The summed E-state index contributed by atoms with van der Waals surface area (Å²) >= 11 is 1.43. The summed E-state index contributed by atoms with van der Waals surface area (Å²) in [7, 11) is 0. The first kappa shape index (κ1) is 22.5. The first-order valence-corrected chi connectivity index (χ1v) is 11.9. The van der Waals surface area contributed by atoms with E-state index < -0.39 is 24.0 Å². The van der Waals surface area contributed by atoms with Crippen molar-refractivity contribution in [3.8, 4) is 11.1 Å². The van der Waals surface area contributed by atoms with Crippen LogP contribution in [0.15, 0.2) is 82.4 Å². The highest BCUT2D eigenvalue weighted by Gasteiger charge is 2.49. The molecule has 1 aliphatic carbocycles. The first-order chi connectivity index (χ1) is 16.4. The zero-order chi connectivity index (χ0) is 23.8. The molecule has 34 heavy (non-hydrogen) atoms. The topological polar surface area (TPSA) is 55.1 Å². The molecule has 0 fully saturated rings. The second-order valence-electron chi connectivity index (χ2n) is 8.19. The van der Waals surface area contributed by atoms with Crippen LogP contribution in [0.2, 0.25) is 0 Å². The lowest BCUT2D eigenvalue weighted by molar-refractivity contribution is -0.141. The van der Waals surface area contributed by atoms with Crippen LogP contribution in [0.3, 0.4) is 0 Å². The molecule has 0 unspecified atom stereocenters. The molecular weight excluding hydrogens is 461 g/mol. The second kappa shape index (κ2) is 8.83. The number of hydrogen-bond acceptors (Lipinski definition) is 4. The number of nitrogens with one attached hydrogen (secondary N) is 1. The number of benzene rings is 3. The molecule has 0 spiro atoms. The largest absolute Gasteiger partial charge is 0.431 e. The lowest BCUT2D eigenvalue weighted by Crippen LogP contribution is -2.47. The van der Waals surface area contributed by atoms with Crippen molar-refractivity contribution in [1.29, 1.82) is 0 Å². The molecule has 1 amide bonds. The van der Waals surface area contributed by atoms with Gasteiger partial charge in [-0.25, -0.2) is 4.98 Å². The first-order valence-electron chi connectivity index (χ1n) is 10.9. The van der Waals surface area contributed by atoms with Crippen LogP contribution < -0.4 is 5.32 Å². The summed E-state index contributed by atoms with van der Waals surface area (Å²) in [5, 5.41) is 2.69. The molecule has 0 saturated heterocycles. The summed E-state index contributed by atoms with van der Waals surface area (Å²) in [6.45, 7) is -1.37. The Morgan fingerprint density at radius 1 is 0.941 bits per heavy atom. The van der Waals surface area contributed by atoms with E-state index in [2.05, 4.69) is 10.3 Å². The number of nitrogens with zero attached hydrogens (tertiary/aromatic N) is 1. The van der Waals surface area contributed by atoms with Gasteiger partial charge in [-0.15, -0.1) is 0 Å². The van der Waals surface area contributed by atoms with Crippen molar-refractivity contribution >= 4 is 28.8 Å². The summed E-state index contributed by atoms with van der Waals surface area (Å²) in [5.41, 5.74) is 3.52. The van der Waals surface area contributed by atoms with Gasteiger partial charge in [-0.05, 0) is 47.2 Å². The number of rotatable bonds is 7. The molecule has 1 aromatic heterocycles. The average Bonchev–Trinajstić information content (AvgIpc) is 3.37. The van der Waals surface area contributed by atoms with E-state index >= 15 is 0 Å². The maximum Gasteiger partial charge on any atom is 0.405 e. The fourth-order valence-corrected chi connectivity index (χ4v) is 5.47. The molecule has 0 aliphatic heterocycles. The number of aromatic nitrogens is 1. The van der Waals surface area contributed by atoms with Crippen LogP contribution in [-0.2, 0) is 10.2 Å². The van der Waals surface area contributed by atoms with Crippen molar-refractivity contribution in [2.45, 2.75) is 29.7 Å². The van der Waals surface area contributed by atoms with Gasteiger partial charge < -0.3 is 9.73 Å². The van der Waals surface area contributed by atoms with E-state index in [0.717, 1.165) is 27.8 Å². The second-order valence-corrected chi connectivity index (χ2v) is 9.24. The molecule has 1 aliphatic rings. The van der Waals surface area contributed by atoms with Crippen LogP contribution >= 0.6 is 11.8 Å². The van der Waals surface area contributed by atoms with Crippen LogP contribution in [0, 0.1) is 0 Å². The molecule has 0 bridgehead atoms. The number of halogens is 3. The number of oxazole rings is 1. The molecule has 174 valence electrons. The lowest BCUT2D eigenvalue weighted by Gasteiger charge is -2.31. The van der Waals surface area contributed by atoms with Crippen LogP contribution in [0.5, 0.6) is 0 Å². The van der Waals surface area contributed by atoms with Gasteiger partial charge in [0.2, 0.25) is 5.91 Å². The van der Waals surface area contributed by atoms with Crippen molar-refractivity contribution < 1.29 is 22.4 Å². The highest BCUT2D eigenvalue weighted by molar-refractivity contribution is 7.99. The Balaban J connectivity index is 1.43. The summed E-state index contributed by atoms with van der Waals surface area (Å²) in [5.74, 6) is -0.0278. The Morgan fingerprint density at radius 2 is 1.56 bits per heavy atom. The molecule has 4 nitrogen and oxygen atoms in total. The van der Waals surface area contributed by atoms with E-state index in [1.165, 1.54) is 11.8 Å². The molecule has 3 aromatic carbocycles. The Labute approximate surface area is 198 Å². The van der Waals surface area contributed by atoms with Gasteiger partial charge in [0.25, 0.3) is 5.22 Å². The highest BCUT2D eigenvalue weighted by atomic mass is 32.2. The van der Waals surface area contributed by atoms with Crippen molar-refractivity contribution in [2.75, 3.05) is 12.3 Å². The number of carbonyl (C=O) groups excluding carboxylic acids is 1. The Morgan fingerprint density at radius 3 is 2.21 bits per heavy atom. The smallest absolute Gasteiger partial charge is 0.405 e. The number of alkyl halides is 3. The van der Waals surface area contributed by atoms with Crippen LogP contribution in [0.1, 0.15) is 24.0 Å². The molecule has 4 aromatic rings. The number of thioether (sulfide) groups is 1. The highest BCUT2D eigenvalue weighted by Crippen LogP contribution is 2.51. The molecule has 0 radical (unpaired) electrons. The van der Waals surface area contributed by atoms with Crippen molar-refractivity contribution in [3.05, 3.63) is 83.9 Å². The standard InChI is InChI=1S/C26H21F3N2O2S/c27-26(28,29)16-30-23(32)25(14-7-15-34-24-31-21-12-5-6-13-22(21)33-24)19-10-3-1-8-17(19)18-9-2-4-11-20(18)25/h1-6,8-13H,7,14-16H2,(H,30,32). The van der Waals surface area contributed by atoms with Crippen molar-refractivity contribution in [3.63, 3.8) is 0 Å². The molecule has 0 saturated carbocycles. The van der Waals surface area contributed by atoms with E-state index in [0.29, 0.717) is 29.4 Å². The van der Waals surface area contributed by atoms with Crippen molar-refractivity contribution in [1.82, 2.24) is 10.3 Å². The monoisotopic (exact) mass is 482 g/mol. The fraction of sp³-hybridized carbons (Fsp3) is 0.231. The Kier molecular flexibility index (Phi) is 5.85. The van der Waals surface area contributed by atoms with Gasteiger partial charge in [-0.2, -0.15) is 13.2 Å². The predicted molar refractivity (Wildman–Crippen MR) is 126 cm³/mol. The Bertz CT molecular complexity index is 1270. The Hall–Kier alpha value is -3.26. The van der Waals surface area contributed by atoms with Gasteiger partial charge in [-0.3, -0.25) is 4.79 Å². The average molecular weight is 483 g/mol. The summed E-state index contributed by atoms with van der Waals surface area (Å²) in [6, 6.07) is 22.4. The van der Waals surface area contributed by atoms with Gasteiger partial charge in [-0.1, -0.05) is 72.4 Å². The van der Waals surface area contributed by atoms with Gasteiger partial charge in [0, 0.05) is 5.75 Å². The number of amides is 1. The normalized spacial score (nSPS) is 14.1. The zero-order valence-electron chi connectivity index (χ0n) is 18.1. The van der Waals surface area contributed by atoms with E-state index in [1.54, 1.807) is 0 Å². The van der Waals surface area contributed by atoms with E-state index in [-0.39, 0.29) is 0 Å². The predicted octanol–water partition coefficient (Wildman–Crippen LogP) is 6.35. The SMILES string of the molecule is O=C(NCC(F)(F)F)C1(CCCSc2nc3ccccc3o2)c2ccccc2-c2ccccc21. The number of hydrogen-bond donors (Lipinski definition) is 1. The van der Waals surface area contributed by atoms with E-state index in [9.17, 15) is 18.0 Å². The van der Waals surface area contributed by atoms with Crippen molar-refractivity contribution in [2.24, 2.45) is 0 Å². The fourth-order valence-electron chi connectivity index (χ4n) is 4.69. The molecule has 5 rings (SSSR count). The van der Waals surface area contributed by atoms with Gasteiger partial charge in [0.05, 0.1) is 0 Å². The minimum absolute atomic E-state index is 0.359. The molecule has 1 N–H and O–H groups in total. The number of para-hydroxylation sites is 2. The van der Waals surface area contributed by atoms with Crippen LogP contribution in [0.25, 0.3) is 22.2 Å². The summed E-state index contributed by atoms with van der Waals surface area (Å²) in [6.07, 6.45) is -3.55. The van der Waals surface area contributed by atoms with E-state index in [4.69, 9.17) is 4.42 Å². The number of fused-ring (bicyclic) bond motifs is 4. The molecule has 1 heterocycles. The van der Waals surface area contributed by atoms with E-state index in [1.807, 2.05) is 72.8 Å². The lowest BCUT2D eigenvalue weighted by atomic mass is 9.73. The summed E-state index contributed by atoms with van der Waals surface area (Å²) in [4.78, 5) is 17.9. The van der Waals surface area contributed by atoms with Gasteiger partial charge in [0.15, 0.2) is 5.58 Å². The third kappa shape index (κ3) is 4.07. The minimum atomic E-state index is -4.49. The minimum Gasteiger partial charge on any atom is -0.431 e. The summed E-state index contributed by atoms with van der Waals surface area (Å²) < 4.78 is 44.6. The maximum atomic E-state index is 13.5. The van der Waals surface area contributed by atoms with Crippen LogP contribution in [0.4, 0.5) is 13.2 Å². The molecular formula is C26H21F3N2O2S. The quantitative estimate of drug-likeness (QED) is 0.247. The third-order valence-corrected chi connectivity index (χ3v) is 7.01. The maximum absolute atomic E-state index is 13.5. The van der Waals surface area contributed by atoms with Crippen LogP contribution in [-0.4, -0.2) is 29.4 Å². The van der Waals surface area contributed by atoms with Gasteiger partial charge >= 0.3 is 6.18 Å². The van der Waals surface area contributed by atoms with Gasteiger partial charge in [0.1, 0.15) is 17.5 Å².